The molecule has 0 amide bonds. The van der Waals surface area contributed by atoms with Gasteiger partial charge in [-0.05, 0) is 17.7 Å². The number of hydrogen-bond donors (Lipinski definition) is 1. The van der Waals surface area contributed by atoms with Gasteiger partial charge in [-0.25, -0.2) is 19.0 Å². The molecule has 1 aromatic carbocycles. The van der Waals surface area contributed by atoms with Crippen LogP contribution in [-0.2, 0) is 6.42 Å². The molecule has 1 aliphatic rings. The predicted molar refractivity (Wildman–Crippen MR) is 86.9 cm³/mol. The first-order valence-corrected chi connectivity index (χ1v) is 7.76. The average molecular weight is 322 g/mol. The van der Waals surface area contributed by atoms with Gasteiger partial charge in [-0.15, -0.1) is 0 Å². The summed E-state index contributed by atoms with van der Waals surface area (Å²) in [6.45, 7) is 0. The summed E-state index contributed by atoms with van der Waals surface area (Å²) in [7, 11) is 0. The molecule has 4 rings (SSSR count). The molecule has 0 atom stereocenters. The first kappa shape index (κ1) is 14.6. The minimum absolute atomic E-state index is 0.0102. The smallest absolute Gasteiger partial charge is 0.163 e. The van der Waals surface area contributed by atoms with Gasteiger partial charge in [-0.1, -0.05) is 12.1 Å². The van der Waals surface area contributed by atoms with Crippen LogP contribution in [0, 0.1) is 11.3 Å². The fourth-order valence-electron chi connectivity index (χ4n) is 3.11. The van der Waals surface area contributed by atoms with Crippen molar-refractivity contribution in [2.45, 2.75) is 31.5 Å². The van der Waals surface area contributed by atoms with E-state index < -0.39 is 6.17 Å². The van der Waals surface area contributed by atoms with Crippen LogP contribution >= 0.6 is 0 Å². The normalized spacial score (nSPS) is 19.8. The third kappa shape index (κ3) is 2.36. The lowest BCUT2D eigenvalue weighted by atomic mass is 9.91. The van der Waals surface area contributed by atoms with E-state index in [0.29, 0.717) is 41.7 Å². The van der Waals surface area contributed by atoms with E-state index >= 15 is 0 Å². The molecular formula is C17H15FN6. The van der Waals surface area contributed by atoms with Crippen molar-refractivity contribution in [3.63, 3.8) is 0 Å². The Kier molecular flexibility index (Phi) is 3.38. The molecule has 0 saturated heterocycles. The summed E-state index contributed by atoms with van der Waals surface area (Å²) in [5.74, 6) is 0.369. The SMILES string of the molecule is N#Cc1cccc(Cc2nn(C3CC(F)C3)c3ncnc(N)c23)c1. The Bertz CT molecular complexity index is 951. The highest BCUT2D eigenvalue weighted by molar-refractivity contribution is 5.88. The zero-order valence-corrected chi connectivity index (χ0v) is 12.9. The third-order valence-electron chi connectivity index (χ3n) is 4.42. The van der Waals surface area contributed by atoms with Crippen LogP contribution in [0.15, 0.2) is 30.6 Å². The van der Waals surface area contributed by atoms with Crippen LogP contribution in [0.1, 0.15) is 35.7 Å². The molecule has 1 saturated carbocycles. The van der Waals surface area contributed by atoms with Crippen molar-refractivity contribution in [2.24, 2.45) is 0 Å². The molecule has 0 aliphatic heterocycles. The number of nitrogens with zero attached hydrogens (tertiary/aromatic N) is 5. The summed E-state index contributed by atoms with van der Waals surface area (Å²) in [6.07, 6.45) is 2.04. The number of rotatable bonds is 3. The zero-order valence-electron chi connectivity index (χ0n) is 12.9. The van der Waals surface area contributed by atoms with Gasteiger partial charge < -0.3 is 5.73 Å². The van der Waals surface area contributed by atoms with E-state index in [0.717, 1.165) is 11.3 Å². The standard InChI is InChI=1S/C17H15FN6/c18-12-6-13(7-12)24-17-15(16(20)21-9-22-17)14(23-24)5-10-2-1-3-11(4-10)8-19/h1-4,9,12-13H,5-7H2,(H2,20,21,22). The fraction of sp³-hybridized carbons (Fsp3) is 0.294. The second-order valence-electron chi connectivity index (χ2n) is 6.06. The summed E-state index contributed by atoms with van der Waals surface area (Å²) in [5.41, 5.74) is 8.99. The van der Waals surface area contributed by atoms with E-state index in [1.807, 2.05) is 18.2 Å². The molecule has 2 aromatic heterocycles. The highest BCUT2D eigenvalue weighted by Gasteiger charge is 2.33. The van der Waals surface area contributed by atoms with E-state index in [4.69, 9.17) is 11.0 Å². The van der Waals surface area contributed by atoms with Crippen LogP contribution in [0.5, 0.6) is 0 Å². The zero-order chi connectivity index (χ0) is 16.7. The summed E-state index contributed by atoms with van der Waals surface area (Å²) < 4.78 is 15.0. The maximum atomic E-state index is 13.2. The molecule has 0 bridgehead atoms. The number of aromatic nitrogens is 4. The molecule has 0 unspecified atom stereocenters. The molecule has 1 aliphatic carbocycles. The molecule has 6 nitrogen and oxygen atoms in total. The number of alkyl halides is 1. The predicted octanol–water partition coefficient (Wildman–Crippen LogP) is 2.54. The van der Waals surface area contributed by atoms with Crippen LogP contribution in [0.25, 0.3) is 11.0 Å². The average Bonchev–Trinajstić information content (AvgIpc) is 2.91. The van der Waals surface area contributed by atoms with Gasteiger partial charge >= 0.3 is 0 Å². The number of nitrogen functional groups attached to an aromatic ring is 1. The maximum absolute atomic E-state index is 13.2. The number of hydrogen-bond acceptors (Lipinski definition) is 5. The largest absolute Gasteiger partial charge is 0.383 e. The number of fused-ring (bicyclic) bond motifs is 1. The fourth-order valence-corrected chi connectivity index (χ4v) is 3.11. The Hall–Kier alpha value is -3.01. The number of anilines is 1. The van der Waals surface area contributed by atoms with Crippen LogP contribution < -0.4 is 5.73 Å². The van der Waals surface area contributed by atoms with Gasteiger partial charge in [0.15, 0.2) is 5.65 Å². The lowest BCUT2D eigenvalue weighted by Gasteiger charge is -2.29. The third-order valence-corrected chi connectivity index (χ3v) is 4.42. The second-order valence-corrected chi connectivity index (χ2v) is 6.06. The summed E-state index contributed by atoms with van der Waals surface area (Å²) in [4.78, 5) is 8.36. The van der Waals surface area contributed by atoms with Crippen LogP contribution in [-0.4, -0.2) is 25.9 Å². The molecule has 7 heteroatoms. The molecule has 2 N–H and O–H groups in total. The Morgan fingerprint density at radius 1 is 1.33 bits per heavy atom. The van der Waals surface area contributed by atoms with Crippen molar-refractivity contribution in [1.82, 2.24) is 19.7 Å². The van der Waals surface area contributed by atoms with Crippen molar-refractivity contribution in [3.05, 3.63) is 47.4 Å². The molecule has 120 valence electrons. The van der Waals surface area contributed by atoms with Crippen LogP contribution in [0.4, 0.5) is 10.2 Å². The minimum atomic E-state index is -0.774. The Morgan fingerprint density at radius 3 is 2.92 bits per heavy atom. The van der Waals surface area contributed by atoms with E-state index in [1.165, 1.54) is 6.33 Å². The highest BCUT2D eigenvalue weighted by Crippen LogP contribution is 2.37. The molecule has 24 heavy (non-hydrogen) atoms. The van der Waals surface area contributed by atoms with Crippen molar-refractivity contribution in [2.75, 3.05) is 5.73 Å². The van der Waals surface area contributed by atoms with Crippen molar-refractivity contribution >= 4 is 16.9 Å². The van der Waals surface area contributed by atoms with E-state index in [1.54, 1.807) is 10.7 Å². The molecule has 0 radical (unpaired) electrons. The Balaban J connectivity index is 1.78. The molecule has 1 fully saturated rings. The molecular weight excluding hydrogens is 307 g/mol. The van der Waals surface area contributed by atoms with Gasteiger partial charge in [0.2, 0.25) is 0 Å². The number of nitrogens with two attached hydrogens (primary N) is 1. The van der Waals surface area contributed by atoms with Gasteiger partial charge in [0.1, 0.15) is 18.3 Å². The van der Waals surface area contributed by atoms with Gasteiger partial charge in [0.25, 0.3) is 0 Å². The first-order chi connectivity index (χ1) is 11.7. The van der Waals surface area contributed by atoms with Gasteiger partial charge in [-0.2, -0.15) is 10.4 Å². The number of halogens is 1. The molecule has 2 heterocycles. The van der Waals surface area contributed by atoms with Gasteiger partial charge in [0.05, 0.1) is 28.8 Å². The highest BCUT2D eigenvalue weighted by atomic mass is 19.1. The van der Waals surface area contributed by atoms with Gasteiger partial charge in [0, 0.05) is 19.3 Å². The summed E-state index contributed by atoms with van der Waals surface area (Å²) in [6, 6.07) is 9.50. The summed E-state index contributed by atoms with van der Waals surface area (Å²) >= 11 is 0. The number of benzene rings is 1. The lowest BCUT2D eigenvalue weighted by molar-refractivity contribution is 0.130. The Labute approximate surface area is 137 Å². The van der Waals surface area contributed by atoms with Crippen LogP contribution in [0.2, 0.25) is 0 Å². The van der Waals surface area contributed by atoms with E-state index in [2.05, 4.69) is 21.1 Å². The van der Waals surface area contributed by atoms with E-state index in [-0.39, 0.29) is 6.04 Å². The van der Waals surface area contributed by atoms with Crippen molar-refractivity contribution in [3.8, 4) is 6.07 Å². The minimum Gasteiger partial charge on any atom is -0.383 e. The van der Waals surface area contributed by atoms with Crippen molar-refractivity contribution in [1.29, 1.82) is 5.26 Å². The van der Waals surface area contributed by atoms with E-state index in [9.17, 15) is 4.39 Å². The van der Waals surface area contributed by atoms with Gasteiger partial charge in [-0.3, -0.25) is 0 Å². The Morgan fingerprint density at radius 2 is 2.17 bits per heavy atom. The topological polar surface area (TPSA) is 93.4 Å². The lowest BCUT2D eigenvalue weighted by Crippen LogP contribution is -2.28. The van der Waals surface area contributed by atoms with Crippen LogP contribution in [0.3, 0.4) is 0 Å². The monoisotopic (exact) mass is 322 g/mol. The molecule has 0 spiro atoms. The maximum Gasteiger partial charge on any atom is 0.163 e. The van der Waals surface area contributed by atoms with Crippen molar-refractivity contribution < 1.29 is 4.39 Å². The second kappa shape index (κ2) is 5.57. The molecule has 3 aromatic rings. The first-order valence-electron chi connectivity index (χ1n) is 7.76. The number of nitriles is 1. The quantitative estimate of drug-likeness (QED) is 0.800. The summed E-state index contributed by atoms with van der Waals surface area (Å²) in [5, 5.41) is 14.4.